The van der Waals surface area contributed by atoms with Gasteiger partial charge in [0.05, 0.1) is 11.9 Å². The van der Waals surface area contributed by atoms with Gasteiger partial charge < -0.3 is 0 Å². The molecule has 100 valence electrons. The van der Waals surface area contributed by atoms with Crippen molar-refractivity contribution in [3.8, 4) is 0 Å². The molecule has 0 aliphatic carbocycles. The van der Waals surface area contributed by atoms with E-state index in [1.54, 1.807) is 12.1 Å². The number of pyridine rings is 1. The van der Waals surface area contributed by atoms with Crippen LogP contribution in [0, 0.1) is 0 Å². The van der Waals surface area contributed by atoms with Gasteiger partial charge in [-0.3, -0.25) is 4.72 Å². The molecule has 2 rings (SSSR count). The molecule has 0 spiro atoms. The fourth-order valence-corrected chi connectivity index (χ4v) is 3.79. The van der Waals surface area contributed by atoms with E-state index in [4.69, 9.17) is 0 Å². The predicted molar refractivity (Wildman–Crippen MR) is 74.5 cm³/mol. The number of hydrogen-bond acceptors (Lipinski definition) is 3. The number of piperidine rings is 1. The van der Waals surface area contributed by atoms with Crippen molar-refractivity contribution in [3.63, 3.8) is 0 Å². The molecule has 1 unspecified atom stereocenters. The average molecular weight is 334 g/mol. The second-order valence-corrected chi connectivity index (χ2v) is 6.87. The molecule has 1 aromatic heterocycles. The Kier molecular flexibility index (Phi) is 4.24. The number of nitrogens with one attached hydrogen (secondary N) is 1. The monoisotopic (exact) mass is 333 g/mol. The third-order valence-corrected chi connectivity index (χ3v) is 5.15. The number of hydrogen-bond donors (Lipinski definition) is 1. The molecule has 1 N–H and O–H groups in total. The van der Waals surface area contributed by atoms with Crippen LogP contribution in [0.1, 0.15) is 26.2 Å². The minimum absolute atomic E-state index is 0.0552. The Bertz CT molecular complexity index is 504. The first-order valence-corrected chi connectivity index (χ1v) is 8.13. The van der Waals surface area contributed by atoms with Crippen LogP contribution in [0.5, 0.6) is 0 Å². The van der Waals surface area contributed by atoms with Gasteiger partial charge in [0.15, 0.2) is 0 Å². The van der Waals surface area contributed by atoms with Crippen molar-refractivity contribution in [2.75, 3.05) is 11.3 Å². The van der Waals surface area contributed by atoms with Crippen molar-refractivity contribution in [1.29, 1.82) is 0 Å². The van der Waals surface area contributed by atoms with Gasteiger partial charge in [0.1, 0.15) is 4.60 Å². The largest absolute Gasteiger partial charge is 0.301 e. The maximum absolute atomic E-state index is 12.2. The van der Waals surface area contributed by atoms with E-state index in [1.807, 2.05) is 6.92 Å². The van der Waals surface area contributed by atoms with Crippen LogP contribution in [0.15, 0.2) is 22.9 Å². The smallest absolute Gasteiger partial charge is 0.269 e. The van der Waals surface area contributed by atoms with Gasteiger partial charge >= 0.3 is 10.2 Å². The lowest BCUT2D eigenvalue weighted by atomic mass is 10.1. The van der Waals surface area contributed by atoms with Crippen LogP contribution in [-0.2, 0) is 10.2 Å². The van der Waals surface area contributed by atoms with Crippen LogP contribution in [0.2, 0.25) is 0 Å². The molecule has 7 heteroatoms. The zero-order chi connectivity index (χ0) is 13.2. The molecule has 0 radical (unpaired) electrons. The summed E-state index contributed by atoms with van der Waals surface area (Å²) in [6.45, 7) is 2.53. The minimum atomic E-state index is -3.47. The fraction of sp³-hybridized carbons (Fsp3) is 0.545. The van der Waals surface area contributed by atoms with Gasteiger partial charge in [0.25, 0.3) is 0 Å². The lowest BCUT2D eigenvalue weighted by molar-refractivity contribution is 0.270. The van der Waals surface area contributed by atoms with Gasteiger partial charge in [0, 0.05) is 12.6 Å². The Morgan fingerprint density at radius 2 is 2.22 bits per heavy atom. The fourth-order valence-electron chi connectivity index (χ4n) is 2.07. The number of anilines is 1. The minimum Gasteiger partial charge on any atom is -0.269 e. The van der Waals surface area contributed by atoms with E-state index >= 15 is 0 Å². The Balaban J connectivity index is 2.13. The normalized spacial score (nSPS) is 21.8. The lowest BCUT2D eigenvalue weighted by Gasteiger charge is -2.32. The van der Waals surface area contributed by atoms with Gasteiger partial charge in [-0.1, -0.05) is 6.42 Å². The van der Waals surface area contributed by atoms with Crippen molar-refractivity contribution in [2.24, 2.45) is 0 Å². The Hall–Kier alpha value is -0.660. The molecule has 0 amide bonds. The molecule has 5 nitrogen and oxygen atoms in total. The topological polar surface area (TPSA) is 62.3 Å². The summed E-state index contributed by atoms with van der Waals surface area (Å²) in [6, 6.07) is 3.44. The lowest BCUT2D eigenvalue weighted by Crippen LogP contribution is -2.44. The van der Waals surface area contributed by atoms with Crippen LogP contribution in [0.25, 0.3) is 0 Å². The summed E-state index contributed by atoms with van der Waals surface area (Å²) in [4.78, 5) is 4.00. The molecule has 1 aliphatic heterocycles. The van der Waals surface area contributed by atoms with E-state index in [0.717, 1.165) is 19.3 Å². The zero-order valence-corrected chi connectivity index (χ0v) is 12.5. The molecule has 0 bridgehead atoms. The van der Waals surface area contributed by atoms with Crippen LogP contribution in [-0.4, -0.2) is 30.3 Å². The molecule has 1 aliphatic rings. The van der Waals surface area contributed by atoms with Gasteiger partial charge in [0.2, 0.25) is 0 Å². The second-order valence-electron chi connectivity index (χ2n) is 4.43. The van der Waals surface area contributed by atoms with Crippen molar-refractivity contribution in [2.45, 2.75) is 32.2 Å². The van der Waals surface area contributed by atoms with Crippen LogP contribution >= 0.6 is 15.9 Å². The van der Waals surface area contributed by atoms with E-state index in [-0.39, 0.29) is 6.04 Å². The third-order valence-electron chi connectivity index (χ3n) is 3.02. The Morgan fingerprint density at radius 3 is 2.83 bits per heavy atom. The molecule has 0 saturated carbocycles. The number of rotatable bonds is 3. The van der Waals surface area contributed by atoms with E-state index in [9.17, 15) is 8.42 Å². The summed E-state index contributed by atoms with van der Waals surface area (Å²) in [5.74, 6) is 0. The molecule has 18 heavy (non-hydrogen) atoms. The number of nitrogens with zero attached hydrogens (tertiary/aromatic N) is 2. The zero-order valence-electron chi connectivity index (χ0n) is 10.1. The second kappa shape index (κ2) is 5.54. The van der Waals surface area contributed by atoms with Crippen molar-refractivity contribution < 1.29 is 8.42 Å². The standard InChI is InChI=1S/C11H16BrN3O2S/c1-9-4-2-3-7-15(9)18(16,17)14-10-5-6-11(12)13-8-10/h5-6,8-9,14H,2-4,7H2,1H3. The molecular weight excluding hydrogens is 318 g/mol. The third kappa shape index (κ3) is 3.21. The summed E-state index contributed by atoms with van der Waals surface area (Å²) in [5.41, 5.74) is 0.482. The molecule has 2 heterocycles. The summed E-state index contributed by atoms with van der Waals surface area (Å²) < 4.78 is 29.2. The molecule has 1 fully saturated rings. The van der Waals surface area contributed by atoms with E-state index in [1.165, 1.54) is 10.5 Å². The Labute approximate surface area is 116 Å². The summed E-state index contributed by atoms with van der Waals surface area (Å²) in [6.07, 6.45) is 4.42. The Morgan fingerprint density at radius 1 is 1.44 bits per heavy atom. The predicted octanol–water partition coefficient (Wildman–Crippen LogP) is 2.38. The SMILES string of the molecule is CC1CCCCN1S(=O)(=O)Nc1ccc(Br)nc1. The summed E-state index contributed by atoms with van der Waals surface area (Å²) in [7, 11) is -3.47. The first-order chi connectivity index (χ1) is 8.49. The van der Waals surface area contributed by atoms with Crippen molar-refractivity contribution >= 4 is 31.8 Å². The molecular formula is C11H16BrN3O2S. The average Bonchev–Trinajstić information content (AvgIpc) is 2.32. The highest BCUT2D eigenvalue weighted by Gasteiger charge is 2.29. The summed E-state index contributed by atoms with van der Waals surface area (Å²) >= 11 is 3.21. The van der Waals surface area contributed by atoms with Crippen molar-refractivity contribution in [3.05, 3.63) is 22.9 Å². The highest BCUT2D eigenvalue weighted by atomic mass is 79.9. The molecule has 1 atom stereocenters. The van der Waals surface area contributed by atoms with Crippen LogP contribution in [0.4, 0.5) is 5.69 Å². The number of halogens is 1. The van der Waals surface area contributed by atoms with E-state index in [2.05, 4.69) is 25.6 Å². The van der Waals surface area contributed by atoms with Gasteiger partial charge in [-0.2, -0.15) is 12.7 Å². The van der Waals surface area contributed by atoms with Gasteiger partial charge in [-0.05, 0) is 47.8 Å². The quantitative estimate of drug-likeness (QED) is 0.864. The first-order valence-electron chi connectivity index (χ1n) is 5.90. The van der Waals surface area contributed by atoms with Gasteiger partial charge in [-0.15, -0.1) is 0 Å². The van der Waals surface area contributed by atoms with Crippen molar-refractivity contribution in [1.82, 2.24) is 9.29 Å². The first kappa shape index (κ1) is 13.8. The van der Waals surface area contributed by atoms with E-state index < -0.39 is 10.2 Å². The highest BCUT2D eigenvalue weighted by Crippen LogP contribution is 2.21. The molecule has 1 aromatic rings. The van der Waals surface area contributed by atoms with Crippen LogP contribution in [0.3, 0.4) is 0 Å². The van der Waals surface area contributed by atoms with E-state index in [0.29, 0.717) is 16.8 Å². The maximum atomic E-state index is 12.2. The molecule has 1 saturated heterocycles. The summed E-state index contributed by atoms with van der Waals surface area (Å²) in [5, 5.41) is 0. The van der Waals surface area contributed by atoms with Gasteiger partial charge in [-0.25, -0.2) is 4.98 Å². The molecule has 0 aromatic carbocycles. The number of aromatic nitrogens is 1. The van der Waals surface area contributed by atoms with Crippen LogP contribution < -0.4 is 4.72 Å². The highest BCUT2D eigenvalue weighted by molar-refractivity contribution is 9.10. The maximum Gasteiger partial charge on any atom is 0.301 e.